The fourth-order valence-electron chi connectivity index (χ4n) is 2.00. The van der Waals surface area contributed by atoms with E-state index in [4.69, 9.17) is 5.73 Å². The van der Waals surface area contributed by atoms with Gasteiger partial charge in [-0.25, -0.2) is 0 Å². The molecule has 0 unspecified atom stereocenters. The monoisotopic (exact) mass is 443 g/mol. The van der Waals surface area contributed by atoms with Gasteiger partial charge in [0.1, 0.15) is 0 Å². The third-order valence-corrected chi connectivity index (χ3v) is 3.87. The Morgan fingerprint density at radius 2 is 1.10 bits per heavy atom. The molecule has 0 saturated heterocycles. The second kappa shape index (κ2) is 13.5. The van der Waals surface area contributed by atoms with Crippen molar-refractivity contribution in [2.24, 2.45) is 5.73 Å². The predicted octanol–water partition coefficient (Wildman–Crippen LogP) is -4.83. The molecular formula is C17H29N7O7. The Morgan fingerprint density at radius 1 is 0.677 bits per heavy atom. The van der Waals surface area contributed by atoms with E-state index in [1.807, 2.05) is 0 Å². The van der Waals surface area contributed by atoms with Crippen LogP contribution in [0.15, 0.2) is 0 Å². The van der Waals surface area contributed by atoms with Crippen LogP contribution in [0.3, 0.4) is 0 Å². The van der Waals surface area contributed by atoms with Crippen molar-refractivity contribution in [1.29, 1.82) is 0 Å². The van der Waals surface area contributed by atoms with E-state index in [1.165, 1.54) is 28.2 Å². The van der Waals surface area contributed by atoms with Crippen LogP contribution < -0.4 is 16.4 Å². The zero-order valence-corrected chi connectivity index (χ0v) is 18.0. The molecule has 7 amide bonds. The number of nitrogens with two attached hydrogens (primary N) is 1. The fraction of sp³-hybridized carbons (Fsp3) is 0.588. The summed E-state index contributed by atoms with van der Waals surface area (Å²) in [6, 6.07) is 0. The Morgan fingerprint density at radius 3 is 1.58 bits per heavy atom. The molecular weight excluding hydrogens is 414 g/mol. The van der Waals surface area contributed by atoms with Gasteiger partial charge in [0, 0.05) is 28.2 Å². The van der Waals surface area contributed by atoms with Crippen LogP contribution in [0.4, 0.5) is 0 Å². The molecule has 0 aliphatic rings. The molecule has 0 heterocycles. The van der Waals surface area contributed by atoms with Crippen molar-refractivity contribution >= 4 is 41.9 Å². The van der Waals surface area contributed by atoms with Gasteiger partial charge in [-0.2, -0.15) is 0 Å². The quantitative estimate of drug-likeness (QED) is 0.238. The molecule has 0 bridgehead atoms. The maximum absolute atomic E-state index is 12.2. The van der Waals surface area contributed by atoms with E-state index in [0.717, 1.165) is 19.6 Å². The van der Waals surface area contributed by atoms with E-state index in [2.05, 4.69) is 10.6 Å². The number of hydrogen-bond donors (Lipinski definition) is 3. The normalized spacial score (nSPS) is 9.81. The first-order chi connectivity index (χ1) is 14.4. The molecule has 14 nitrogen and oxygen atoms in total. The molecule has 31 heavy (non-hydrogen) atoms. The number of carbonyl (C=O) groups excluding carboxylic acids is 7. The number of nitrogens with zero attached hydrogens (tertiary/aromatic N) is 4. The highest BCUT2D eigenvalue weighted by Gasteiger charge is 2.21. The van der Waals surface area contributed by atoms with Gasteiger partial charge >= 0.3 is 0 Å². The predicted molar refractivity (Wildman–Crippen MR) is 107 cm³/mol. The number of nitrogens with one attached hydrogen (secondary N) is 2. The van der Waals surface area contributed by atoms with Gasteiger partial charge in [0.2, 0.25) is 41.9 Å². The van der Waals surface area contributed by atoms with Gasteiger partial charge in [0.15, 0.2) is 0 Å². The lowest BCUT2D eigenvalue weighted by atomic mass is 10.4. The van der Waals surface area contributed by atoms with Gasteiger partial charge in [-0.15, -0.1) is 0 Å². The summed E-state index contributed by atoms with van der Waals surface area (Å²) in [4.78, 5) is 85.0. The fourth-order valence-corrected chi connectivity index (χ4v) is 2.00. The Bertz CT molecular complexity index is 713. The van der Waals surface area contributed by atoms with Gasteiger partial charge in [0.25, 0.3) is 0 Å². The lowest BCUT2D eigenvalue weighted by molar-refractivity contribution is -0.142. The summed E-state index contributed by atoms with van der Waals surface area (Å²) in [6.07, 6.45) is 0.467. The molecule has 0 aliphatic carbocycles. The van der Waals surface area contributed by atoms with Crippen LogP contribution >= 0.6 is 0 Å². The molecule has 14 heteroatoms. The Kier molecular flexibility index (Phi) is 11.9. The Labute approximate surface area is 179 Å². The molecule has 174 valence electrons. The highest BCUT2D eigenvalue weighted by Crippen LogP contribution is 1.94. The standard InChI is InChI=1S/C17H29N7O7/c1-21(11-25)7-13(27)20-6-15(29)23(3)9-17(31)24(4)10-16(30)22(2)8-14(28)19-5-12(18)26/h11H,5-10H2,1-4H3,(H2,18,26)(H,19,28)(H,20,27). The highest BCUT2D eigenvalue weighted by atomic mass is 16.2. The summed E-state index contributed by atoms with van der Waals surface area (Å²) in [6.45, 7) is -1.93. The van der Waals surface area contributed by atoms with Crippen LogP contribution in [0.1, 0.15) is 0 Å². The van der Waals surface area contributed by atoms with Crippen LogP contribution in [-0.2, 0) is 33.6 Å². The third kappa shape index (κ3) is 11.8. The molecule has 0 aromatic rings. The van der Waals surface area contributed by atoms with Crippen molar-refractivity contribution in [3.05, 3.63) is 0 Å². The number of rotatable bonds is 13. The summed E-state index contributed by atoms with van der Waals surface area (Å²) in [5.41, 5.74) is 4.91. The maximum Gasteiger partial charge on any atom is 0.242 e. The summed E-state index contributed by atoms with van der Waals surface area (Å²) >= 11 is 0. The number of hydrogen-bond acceptors (Lipinski definition) is 7. The number of amides is 7. The highest BCUT2D eigenvalue weighted by molar-refractivity contribution is 5.91. The van der Waals surface area contributed by atoms with E-state index in [9.17, 15) is 33.6 Å². The average molecular weight is 443 g/mol. The van der Waals surface area contributed by atoms with Gasteiger partial charge in [-0.3, -0.25) is 33.6 Å². The second-order valence-corrected chi connectivity index (χ2v) is 6.79. The molecule has 0 atom stereocenters. The summed E-state index contributed by atoms with van der Waals surface area (Å²) in [5.74, 6) is -3.46. The smallest absolute Gasteiger partial charge is 0.242 e. The van der Waals surface area contributed by atoms with Crippen LogP contribution in [0.2, 0.25) is 0 Å². The van der Waals surface area contributed by atoms with Gasteiger partial charge in [-0.05, 0) is 0 Å². The first-order valence-electron chi connectivity index (χ1n) is 9.06. The Balaban J connectivity index is 4.44. The summed E-state index contributed by atoms with van der Waals surface area (Å²) < 4.78 is 0. The number of carbonyl (C=O) groups is 7. The van der Waals surface area contributed by atoms with Crippen LogP contribution in [-0.4, -0.2) is 129 Å². The Hall–Kier alpha value is -3.71. The van der Waals surface area contributed by atoms with Crippen molar-refractivity contribution in [2.75, 3.05) is 67.5 Å². The minimum Gasteiger partial charge on any atom is -0.368 e. The van der Waals surface area contributed by atoms with Crippen LogP contribution in [0.25, 0.3) is 0 Å². The average Bonchev–Trinajstić information content (AvgIpc) is 2.69. The molecule has 0 aromatic heterocycles. The zero-order valence-electron chi connectivity index (χ0n) is 18.0. The summed E-state index contributed by atoms with van der Waals surface area (Å²) in [5, 5.41) is 4.56. The first kappa shape index (κ1) is 27.3. The molecule has 0 rings (SSSR count). The van der Waals surface area contributed by atoms with Gasteiger partial charge in [0.05, 0.1) is 39.3 Å². The van der Waals surface area contributed by atoms with E-state index in [0.29, 0.717) is 6.41 Å². The molecule has 0 spiro atoms. The third-order valence-electron chi connectivity index (χ3n) is 3.87. The molecule has 0 saturated carbocycles. The minimum atomic E-state index is -0.723. The van der Waals surface area contributed by atoms with Crippen LogP contribution in [0, 0.1) is 0 Å². The van der Waals surface area contributed by atoms with Crippen molar-refractivity contribution in [3.8, 4) is 0 Å². The van der Waals surface area contributed by atoms with Crippen molar-refractivity contribution in [2.45, 2.75) is 0 Å². The zero-order chi connectivity index (χ0) is 24.1. The minimum absolute atomic E-state index is 0.210. The second-order valence-electron chi connectivity index (χ2n) is 6.79. The van der Waals surface area contributed by atoms with Gasteiger partial charge in [-0.1, -0.05) is 0 Å². The lowest BCUT2D eigenvalue weighted by Crippen LogP contribution is -2.48. The van der Waals surface area contributed by atoms with Crippen molar-refractivity contribution in [1.82, 2.24) is 30.2 Å². The molecule has 0 fully saturated rings. The lowest BCUT2D eigenvalue weighted by Gasteiger charge is -2.24. The largest absolute Gasteiger partial charge is 0.368 e. The maximum atomic E-state index is 12.2. The molecule has 0 aromatic carbocycles. The van der Waals surface area contributed by atoms with E-state index >= 15 is 0 Å². The first-order valence-corrected chi connectivity index (χ1v) is 9.06. The number of primary amides is 1. The van der Waals surface area contributed by atoms with Crippen LogP contribution in [0.5, 0.6) is 0 Å². The van der Waals surface area contributed by atoms with Crippen molar-refractivity contribution < 1.29 is 33.6 Å². The molecule has 4 N–H and O–H groups in total. The molecule has 0 radical (unpaired) electrons. The van der Waals surface area contributed by atoms with E-state index < -0.39 is 35.4 Å². The number of likely N-dealkylation sites (N-methyl/N-ethyl adjacent to an activating group) is 4. The topological polar surface area (TPSA) is 183 Å². The molecule has 0 aliphatic heterocycles. The van der Waals surface area contributed by atoms with E-state index in [-0.39, 0.29) is 39.3 Å². The summed E-state index contributed by atoms with van der Waals surface area (Å²) in [7, 11) is 5.47. The van der Waals surface area contributed by atoms with Gasteiger partial charge < -0.3 is 36.0 Å². The van der Waals surface area contributed by atoms with E-state index in [1.54, 1.807) is 0 Å². The SMILES string of the molecule is CN(C=O)CC(=O)NCC(=O)N(C)CC(=O)N(C)CC(=O)N(C)CC(=O)NCC(N)=O. The van der Waals surface area contributed by atoms with Crippen molar-refractivity contribution in [3.63, 3.8) is 0 Å².